The Kier molecular flexibility index (Phi) is 7.24. The van der Waals surface area contributed by atoms with Crippen molar-refractivity contribution in [2.75, 3.05) is 0 Å². The van der Waals surface area contributed by atoms with Crippen LogP contribution >= 0.6 is 0 Å². The average Bonchev–Trinajstić information content (AvgIpc) is 2.99. The molecular formula is C24H40NaO4. The number of carboxylic acid groups (broad SMARTS) is 1. The predicted octanol–water partition coefficient (Wildman–Crippen LogP) is 4.10. The molecule has 0 unspecified atom stereocenters. The molecule has 0 heterocycles. The molecule has 10 atom stereocenters. The summed E-state index contributed by atoms with van der Waals surface area (Å²) in [5, 5.41) is 30.4. The second-order valence-electron chi connectivity index (χ2n) is 11.4. The summed E-state index contributed by atoms with van der Waals surface area (Å²) < 4.78 is 0. The van der Waals surface area contributed by atoms with Crippen LogP contribution in [0.2, 0.25) is 0 Å². The Hall–Kier alpha value is 0.390. The van der Waals surface area contributed by atoms with Crippen LogP contribution < -0.4 is 0 Å². The topological polar surface area (TPSA) is 77.8 Å². The summed E-state index contributed by atoms with van der Waals surface area (Å²) in [4.78, 5) is 11.1. The summed E-state index contributed by atoms with van der Waals surface area (Å²) in [6, 6.07) is 0. The third-order valence-corrected chi connectivity index (χ3v) is 10.2. The number of carbonyl (C=O) groups is 1. The van der Waals surface area contributed by atoms with E-state index in [1.165, 1.54) is 25.7 Å². The van der Waals surface area contributed by atoms with Crippen molar-refractivity contribution in [1.82, 2.24) is 0 Å². The zero-order valence-corrected chi connectivity index (χ0v) is 20.9. The fourth-order valence-corrected chi connectivity index (χ4v) is 8.81. The maximum atomic E-state index is 11.1. The van der Waals surface area contributed by atoms with Gasteiger partial charge in [0.05, 0.1) is 12.2 Å². The van der Waals surface area contributed by atoms with Crippen molar-refractivity contribution in [3.8, 4) is 0 Å². The summed E-state index contributed by atoms with van der Waals surface area (Å²) >= 11 is 0. The zero-order valence-electron chi connectivity index (χ0n) is 18.9. The molecule has 4 fully saturated rings. The van der Waals surface area contributed by atoms with Crippen molar-refractivity contribution < 1.29 is 20.1 Å². The van der Waals surface area contributed by atoms with Gasteiger partial charge in [0.15, 0.2) is 0 Å². The van der Waals surface area contributed by atoms with Gasteiger partial charge in [0, 0.05) is 36.0 Å². The van der Waals surface area contributed by atoms with E-state index in [4.69, 9.17) is 5.11 Å². The first-order valence-electron chi connectivity index (χ1n) is 11.7. The van der Waals surface area contributed by atoms with Crippen LogP contribution in [0.5, 0.6) is 0 Å². The molecular weight excluding hydrogens is 375 g/mol. The SMILES string of the molecule is C[C@H](CCC(=O)O)[C@H]1CC[C@H]2[C@@H]3C[C@H](O)[C@@H]4C[C@H](O)CC[C@]4(C)[C@H]3CC[C@]12C.[Na]. The van der Waals surface area contributed by atoms with E-state index in [-0.39, 0.29) is 59.5 Å². The van der Waals surface area contributed by atoms with Crippen LogP contribution in [0.4, 0.5) is 0 Å². The molecule has 0 bridgehead atoms. The number of aliphatic hydroxyl groups excluding tert-OH is 2. The van der Waals surface area contributed by atoms with E-state index in [1.54, 1.807) is 0 Å². The van der Waals surface area contributed by atoms with E-state index in [9.17, 15) is 15.0 Å². The van der Waals surface area contributed by atoms with Gasteiger partial charge < -0.3 is 15.3 Å². The van der Waals surface area contributed by atoms with Crippen molar-refractivity contribution in [2.24, 2.45) is 46.3 Å². The predicted molar refractivity (Wildman–Crippen MR) is 114 cm³/mol. The third-order valence-electron chi connectivity index (χ3n) is 10.2. The quantitative estimate of drug-likeness (QED) is 0.604. The van der Waals surface area contributed by atoms with E-state index in [1.807, 2.05) is 0 Å². The number of aliphatic carboxylic acids is 1. The second kappa shape index (κ2) is 8.73. The minimum atomic E-state index is -0.677. The van der Waals surface area contributed by atoms with E-state index in [2.05, 4.69) is 20.8 Å². The fraction of sp³-hybridized carbons (Fsp3) is 0.958. The number of hydrogen-bond acceptors (Lipinski definition) is 3. The van der Waals surface area contributed by atoms with Gasteiger partial charge in [-0.3, -0.25) is 4.79 Å². The Balaban J connectivity index is 0.00000240. The van der Waals surface area contributed by atoms with E-state index < -0.39 is 5.97 Å². The smallest absolute Gasteiger partial charge is 0.303 e. The Labute approximate surface area is 198 Å². The van der Waals surface area contributed by atoms with Crippen molar-refractivity contribution in [3.63, 3.8) is 0 Å². The molecule has 29 heavy (non-hydrogen) atoms. The molecule has 4 aliphatic rings. The van der Waals surface area contributed by atoms with Crippen LogP contribution in [0.15, 0.2) is 0 Å². The summed E-state index contributed by atoms with van der Waals surface area (Å²) in [6.07, 6.45) is 9.16. The van der Waals surface area contributed by atoms with Crippen LogP contribution in [0.1, 0.15) is 85.0 Å². The van der Waals surface area contributed by atoms with Crippen LogP contribution in [0.3, 0.4) is 0 Å². The molecule has 0 aromatic heterocycles. The minimum absolute atomic E-state index is 0. The first-order chi connectivity index (χ1) is 13.2. The number of rotatable bonds is 4. The Bertz CT molecular complexity index is 612. The summed E-state index contributed by atoms with van der Waals surface area (Å²) in [6.45, 7) is 7.16. The van der Waals surface area contributed by atoms with E-state index in [0.717, 1.165) is 32.1 Å². The number of aliphatic hydroxyl groups is 2. The van der Waals surface area contributed by atoms with Crippen molar-refractivity contribution in [3.05, 3.63) is 0 Å². The first-order valence-corrected chi connectivity index (χ1v) is 11.7. The summed E-state index contributed by atoms with van der Waals surface area (Å²) in [5.74, 6) is 2.61. The van der Waals surface area contributed by atoms with Crippen LogP contribution in [0, 0.1) is 46.3 Å². The maximum Gasteiger partial charge on any atom is 0.303 e. The number of fused-ring (bicyclic) bond motifs is 5. The molecule has 5 heteroatoms. The molecule has 161 valence electrons. The fourth-order valence-electron chi connectivity index (χ4n) is 8.81. The van der Waals surface area contributed by atoms with Gasteiger partial charge in [-0.05, 0) is 104 Å². The van der Waals surface area contributed by atoms with Gasteiger partial charge in [-0.25, -0.2) is 0 Å². The minimum Gasteiger partial charge on any atom is -0.481 e. The monoisotopic (exact) mass is 415 g/mol. The van der Waals surface area contributed by atoms with Crippen LogP contribution in [-0.4, -0.2) is 63.1 Å². The Morgan fingerprint density at radius 1 is 0.966 bits per heavy atom. The second-order valence-corrected chi connectivity index (χ2v) is 11.4. The molecule has 4 rings (SSSR count). The number of carboxylic acids is 1. The van der Waals surface area contributed by atoms with E-state index >= 15 is 0 Å². The van der Waals surface area contributed by atoms with Crippen molar-refractivity contribution in [1.29, 1.82) is 0 Å². The molecule has 0 amide bonds. The molecule has 3 N–H and O–H groups in total. The van der Waals surface area contributed by atoms with Crippen molar-refractivity contribution in [2.45, 2.75) is 97.2 Å². The standard InChI is InChI=1S/C24H40O4.Na/c1-14(4-7-22(27)28)17-5-6-18-16-13-21(26)20-12-15(25)8-10-24(20,3)19(16)9-11-23(17,18)2;/h14-21,25-26H,4-13H2,1-3H3,(H,27,28);/t14-,15-,16+,17-,18+,19+,20+,21+,23-,24-;/m1./s1. The largest absolute Gasteiger partial charge is 0.481 e. The molecule has 0 saturated heterocycles. The molecule has 0 spiro atoms. The molecule has 4 saturated carbocycles. The Morgan fingerprint density at radius 2 is 1.62 bits per heavy atom. The van der Waals surface area contributed by atoms with Gasteiger partial charge >= 0.3 is 5.97 Å². The van der Waals surface area contributed by atoms with Crippen LogP contribution in [0.25, 0.3) is 0 Å². The van der Waals surface area contributed by atoms with Gasteiger partial charge in [-0.2, -0.15) is 0 Å². The molecule has 1 radical (unpaired) electrons. The van der Waals surface area contributed by atoms with E-state index in [0.29, 0.717) is 35.0 Å². The normalized spacial score (nSPS) is 49.9. The average molecular weight is 416 g/mol. The molecule has 4 aliphatic carbocycles. The maximum absolute atomic E-state index is 11.1. The van der Waals surface area contributed by atoms with Crippen molar-refractivity contribution >= 4 is 35.5 Å². The Morgan fingerprint density at radius 3 is 2.31 bits per heavy atom. The van der Waals surface area contributed by atoms with Gasteiger partial charge in [0.2, 0.25) is 0 Å². The number of hydrogen-bond donors (Lipinski definition) is 3. The van der Waals surface area contributed by atoms with Gasteiger partial charge in [0.25, 0.3) is 0 Å². The molecule has 4 nitrogen and oxygen atoms in total. The molecule has 0 aliphatic heterocycles. The van der Waals surface area contributed by atoms with Gasteiger partial charge in [0.1, 0.15) is 0 Å². The van der Waals surface area contributed by atoms with Gasteiger partial charge in [-0.1, -0.05) is 20.8 Å². The van der Waals surface area contributed by atoms with Crippen LogP contribution in [-0.2, 0) is 4.79 Å². The molecule has 0 aromatic carbocycles. The summed E-state index contributed by atoms with van der Waals surface area (Å²) in [5.41, 5.74) is 0.478. The third kappa shape index (κ3) is 3.99. The zero-order chi connectivity index (χ0) is 20.3. The van der Waals surface area contributed by atoms with Gasteiger partial charge in [-0.15, -0.1) is 0 Å². The summed E-state index contributed by atoms with van der Waals surface area (Å²) in [7, 11) is 0. The molecule has 0 aromatic rings. The first kappa shape index (κ1) is 24.0.